The number of fused-ring (bicyclic) bond motifs is 1. The molecule has 0 amide bonds. The third kappa shape index (κ3) is 1.09. The minimum absolute atomic E-state index is 0.779. The quantitative estimate of drug-likeness (QED) is 0.565. The third-order valence-corrected chi connectivity index (χ3v) is 1.96. The summed E-state index contributed by atoms with van der Waals surface area (Å²) >= 11 is 0. The highest BCUT2D eigenvalue weighted by molar-refractivity contribution is 5.52. The molecule has 0 bridgehead atoms. The van der Waals surface area contributed by atoms with E-state index in [1.165, 1.54) is 5.57 Å². The van der Waals surface area contributed by atoms with E-state index in [2.05, 4.69) is 18.0 Å². The summed E-state index contributed by atoms with van der Waals surface area (Å²) in [6, 6.07) is 0. The largest absolute Gasteiger partial charge is 0.445 e. The second-order valence-electron chi connectivity index (χ2n) is 3.03. The first-order valence-corrected chi connectivity index (χ1v) is 3.89. The zero-order chi connectivity index (χ0) is 7.84. The van der Waals surface area contributed by atoms with Crippen molar-refractivity contribution in [1.82, 2.24) is 4.98 Å². The molecule has 1 aliphatic carbocycles. The number of aromatic nitrogens is 1. The monoisotopic (exact) mass is 149 g/mol. The van der Waals surface area contributed by atoms with Gasteiger partial charge in [-0.05, 0) is 19.4 Å². The average molecular weight is 149 g/mol. The highest BCUT2D eigenvalue weighted by Crippen LogP contribution is 2.23. The van der Waals surface area contributed by atoms with Crippen LogP contribution >= 0.6 is 0 Å². The van der Waals surface area contributed by atoms with Gasteiger partial charge < -0.3 is 4.42 Å². The van der Waals surface area contributed by atoms with Gasteiger partial charge in [-0.1, -0.05) is 5.57 Å². The first-order chi connectivity index (χ1) is 5.25. The van der Waals surface area contributed by atoms with Crippen molar-refractivity contribution in [3.05, 3.63) is 22.9 Å². The molecular formula is C9H11NO. The van der Waals surface area contributed by atoms with Crippen LogP contribution in [0.15, 0.2) is 9.99 Å². The number of aryl methyl sites for hydroxylation is 2. The molecule has 0 fully saturated rings. The highest BCUT2D eigenvalue weighted by Gasteiger charge is 2.13. The number of hydrogen-bond acceptors (Lipinski definition) is 2. The molecule has 0 aromatic carbocycles. The number of oxazole rings is 1. The summed E-state index contributed by atoms with van der Waals surface area (Å²) in [7, 11) is 0. The Hall–Kier alpha value is -1.05. The predicted molar refractivity (Wildman–Crippen MR) is 43.2 cm³/mol. The summed E-state index contributed by atoms with van der Waals surface area (Å²) in [6.45, 7) is 4.02. The Balaban J connectivity index is 2.50. The highest BCUT2D eigenvalue weighted by atomic mass is 16.4. The Morgan fingerprint density at radius 2 is 2.18 bits per heavy atom. The predicted octanol–water partition coefficient (Wildman–Crippen LogP) is 2.33. The first kappa shape index (κ1) is 6.65. The van der Waals surface area contributed by atoms with E-state index < -0.39 is 0 Å². The minimum atomic E-state index is 0.779. The Bertz CT molecular complexity index is 309. The third-order valence-electron chi connectivity index (χ3n) is 1.96. The van der Waals surface area contributed by atoms with Crippen LogP contribution in [-0.2, 0) is 6.42 Å². The SMILES string of the molecule is CC1=Cc2nc(C)oc2CC1. The van der Waals surface area contributed by atoms with Gasteiger partial charge >= 0.3 is 0 Å². The minimum Gasteiger partial charge on any atom is -0.445 e. The van der Waals surface area contributed by atoms with E-state index in [9.17, 15) is 0 Å². The summed E-state index contributed by atoms with van der Waals surface area (Å²) in [6.07, 6.45) is 4.23. The fraction of sp³-hybridized carbons (Fsp3) is 0.444. The van der Waals surface area contributed by atoms with E-state index in [4.69, 9.17) is 4.42 Å². The number of rotatable bonds is 0. The fourth-order valence-corrected chi connectivity index (χ4v) is 1.39. The Kier molecular flexibility index (Phi) is 1.34. The number of nitrogens with zero attached hydrogens (tertiary/aromatic N) is 1. The van der Waals surface area contributed by atoms with Crippen LogP contribution in [0.3, 0.4) is 0 Å². The average Bonchev–Trinajstić information content (AvgIpc) is 2.27. The molecule has 0 aliphatic heterocycles. The summed E-state index contributed by atoms with van der Waals surface area (Å²) < 4.78 is 5.40. The molecular weight excluding hydrogens is 138 g/mol. The topological polar surface area (TPSA) is 26.0 Å². The maximum absolute atomic E-state index is 5.40. The van der Waals surface area contributed by atoms with Crippen molar-refractivity contribution in [3.63, 3.8) is 0 Å². The van der Waals surface area contributed by atoms with Gasteiger partial charge in [0.25, 0.3) is 0 Å². The normalized spacial score (nSPS) is 16.0. The molecule has 1 aromatic rings. The van der Waals surface area contributed by atoms with E-state index in [0.29, 0.717) is 0 Å². The molecule has 0 saturated carbocycles. The van der Waals surface area contributed by atoms with Crippen LogP contribution in [0.25, 0.3) is 6.08 Å². The number of hydrogen-bond donors (Lipinski definition) is 0. The molecule has 2 nitrogen and oxygen atoms in total. The Morgan fingerprint density at radius 3 is 3.00 bits per heavy atom. The number of allylic oxidation sites excluding steroid dienone is 1. The van der Waals surface area contributed by atoms with Gasteiger partial charge in [-0.25, -0.2) is 4.98 Å². The van der Waals surface area contributed by atoms with E-state index in [1.807, 2.05) is 6.92 Å². The van der Waals surface area contributed by atoms with E-state index in [-0.39, 0.29) is 0 Å². The van der Waals surface area contributed by atoms with Crippen LogP contribution < -0.4 is 0 Å². The molecule has 1 aromatic heterocycles. The molecule has 0 atom stereocenters. The van der Waals surface area contributed by atoms with Crippen molar-refractivity contribution >= 4 is 6.08 Å². The lowest BCUT2D eigenvalue weighted by Gasteiger charge is -2.05. The van der Waals surface area contributed by atoms with Crippen LogP contribution in [0.5, 0.6) is 0 Å². The van der Waals surface area contributed by atoms with Gasteiger partial charge in [-0.15, -0.1) is 0 Å². The molecule has 1 heterocycles. The maximum Gasteiger partial charge on any atom is 0.191 e. The van der Waals surface area contributed by atoms with Crippen molar-refractivity contribution < 1.29 is 4.42 Å². The summed E-state index contributed by atoms with van der Waals surface area (Å²) in [5.74, 6) is 1.83. The molecule has 0 spiro atoms. The smallest absolute Gasteiger partial charge is 0.191 e. The van der Waals surface area contributed by atoms with Gasteiger partial charge in [-0.2, -0.15) is 0 Å². The summed E-state index contributed by atoms with van der Waals surface area (Å²) in [5, 5.41) is 0. The zero-order valence-electron chi connectivity index (χ0n) is 6.85. The van der Waals surface area contributed by atoms with Crippen molar-refractivity contribution in [2.45, 2.75) is 26.7 Å². The summed E-state index contributed by atoms with van der Waals surface area (Å²) in [4.78, 5) is 4.26. The van der Waals surface area contributed by atoms with Crippen molar-refractivity contribution in [1.29, 1.82) is 0 Å². The van der Waals surface area contributed by atoms with E-state index in [1.54, 1.807) is 0 Å². The zero-order valence-corrected chi connectivity index (χ0v) is 6.85. The van der Waals surface area contributed by atoms with Crippen LogP contribution in [0.2, 0.25) is 0 Å². The lowest BCUT2D eigenvalue weighted by Crippen LogP contribution is -1.93. The standard InChI is InChI=1S/C9H11NO/c1-6-3-4-9-8(5-6)10-7(2)11-9/h5H,3-4H2,1-2H3. The van der Waals surface area contributed by atoms with Gasteiger partial charge in [0.15, 0.2) is 5.89 Å². The molecule has 1 aliphatic rings. The fourth-order valence-electron chi connectivity index (χ4n) is 1.39. The van der Waals surface area contributed by atoms with E-state index >= 15 is 0 Å². The molecule has 11 heavy (non-hydrogen) atoms. The van der Waals surface area contributed by atoms with Crippen LogP contribution in [0.1, 0.15) is 30.7 Å². The molecule has 0 unspecified atom stereocenters. The van der Waals surface area contributed by atoms with Crippen molar-refractivity contribution in [3.8, 4) is 0 Å². The second kappa shape index (κ2) is 2.22. The Labute approximate surface area is 65.9 Å². The molecule has 0 saturated heterocycles. The van der Waals surface area contributed by atoms with Gasteiger partial charge in [-0.3, -0.25) is 0 Å². The maximum atomic E-state index is 5.40. The van der Waals surface area contributed by atoms with Gasteiger partial charge in [0, 0.05) is 13.3 Å². The lowest BCUT2D eigenvalue weighted by molar-refractivity contribution is 0.472. The van der Waals surface area contributed by atoms with Crippen LogP contribution in [0.4, 0.5) is 0 Å². The molecule has 0 N–H and O–H groups in total. The van der Waals surface area contributed by atoms with Crippen LogP contribution in [0, 0.1) is 6.92 Å². The summed E-state index contributed by atoms with van der Waals surface area (Å²) in [5.41, 5.74) is 2.43. The first-order valence-electron chi connectivity index (χ1n) is 3.89. The van der Waals surface area contributed by atoms with Gasteiger partial charge in [0.05, 0.1) is 0 Å². The Morgan fingerprint density at radius 1 is 1.36 bits per heavy atom. The van der Waals surface area contributed by atoms with Gasteiger partial charge in [0.1, 0.15) is 11.5 Å². The van der Waals surface area contributed by atoms with Crippen molar-refractivity contribution in [2.75, 3.05) is 0 Å². The van der Waals surface area contributed by atoms with Gasteiger partial charge in [0.2, 0.25) is 0 Å². The molecule has 2 heteroatoms. The second-order valence-corrected chi connectivity index (χ2v) is 3.03. The van der Waals surface area contributed by atoms with E-state index in [0.717, 1.165) is 30.2 Å². The lowest BCUT2D eigenvalue weighted by atomic mass is 10.0. The van der Waals surface area contributed by atoms with Crippen LogP contribution in [-0.4, -0.2) is 4.98 Å². The molecule has 0 radical (unpaired) electrons. The van der Waals surface area contributed by atoms with Crippen molar-refractivity contribution in [2.24, 2.45) is 0 Å². The molecule has 58 valence electrons. The molecule has 2 rings (SSSR count).